The summed E-state index contributed by atoms with van der Waals surface area (Å²) in [5.74, 6) is -0.477. The molecule has 0 aliphatic heterocycles. The molecule has 1 aliphatic carbocycles. The first-order valence-corrected chi connectivity index (χ1v) is 13.2. The van der Waals surface area contributed by atoms with Crippen LogP contribution in [0.25, 0.3) is 0 Å². The molecule has 0 bridgehead atoms. The van der Waals surface area contributed by atoms with Crippen LogP contribution in [0.2, 0.25) is 0 Å². The summed E-state index contributed by atoms with van der Waals surface area (Å²) in [6, 6.07) is 0. The van der Waals surface area contributed by atoms with E-state index in [9.17, 15) is 9.18 Å². The van der Waals surface area contributed by atoms with Crippen molar-refractivity contribution in [1.82, 2.24) is 0 Å². The van der Waals surface area contributed by atoms with Crippen LogP contribution in [0.4, 0.5) is 4.39 Å². The molecule has 0 N–H and O–H groups in total. The van der Waals surface area contributed by atoms with Crippen LogP contribution in [0.5, 0.6) is 0 Å². The number of unbranched alkanes of at least 4 members (excludes halogenated alkanes) is 15. The van der Waals surface area contributed by atoms with Crippen LogP contribution in [-0.4, -0.2) is 25.7 Å². The second kappa shape index (κ2) is 21.8. The highest BCUT2D eigenvalue weighted by atomic mass is 19.1. The van der Waals surface area contributed by atoms with E-state index in [1.807, 2.05) is 0 Å². The fourth-order valence-corrected chi connectivity index (χ4v) is 4.45. The molecular formula is C27H49FO2. The van der Waals surface area contributed by atoms with Crippen molar-refractivity contribution in [2.24, 2.45) is 5.92 Å². The van der Waals surface area contributed by atoms with Gasteiger partial charge in [-0.15, -0.1) is 0 Å². The molecule has 0 aromatic rings. The second-order valence-electron chi connectivity index (χ2n) is 9.35. The number of hydrogen-bond acceptors (Lipinski definition) is 2. The molecule has 176 valence electrons. The van der Waals surface area contributed by atoms with Gasteiger partial charge in [-0.2, -0.15) is 0 Å². The topological polar surface area (TPSA) is 26.3 Å². The molecule has 1 unspecified atom stereocenters. The SMILES string of the molecule is O=[C]C(CF)CCCCCCCCCCCCCCCCCCOC1CC[CH]CC1. The summed E-state index contributed by atoms with van der Waals surface area (Å²) >= 11 is 0. The third-order valence-corrected chi connectivity index (χ3v) is 6.54. The lowest BCUT2D eigenvalue weighted by molar-refractivity contribution is 0.0326. The monoisotopic (exact) mass is 424 g/mol. The highest BCUT2D eigenvalue weighted by Crippen LogP contribution is 2.20. The van der Waals surface area contributed by atoms with Gasteiger partial charge in [-0.25, -0.2) is 0 Å². The van der Waals surface area contributed by atoms with Gasteiger partial charge in [0.1, 0.15) is 0 Å². The van der Waals surface area contributed by atoms with Crippen molar-refractivity contribution in [2.45, 2.75) is 141 Å². The van der Waals surface area contributed by atoms with Gasteiger partial charge in [0.05, 0.1) is 18.7 Å². The average Bonchev–Trinajstić information content (AvgIpc) is 2.78. The van der Waals surface area contributed by atoms with Gasteiger partial charge in [-0.05, 0) is 44.9 Å². The fraction of sp³-hybridized carbons (Fsp3) is 0.926. The Morgan fingerprint density at radius 2 is 1.17 bits per heavy atom. The van der Waals surface area contributed by atoms with Crippen molar-refractivity contribution in [3.63, 3.8) is 0 Å². The van der Waals surface area contributed by atoms with Gasteiger partial charge < -0.3 is 4.74 Å². The lowest BCUT2D eigenvalue weighted by Gasteiger charge is -2.21. The first-order valence-electron chi connectivity index (χ1n) is 13.2. The van der Waals surface area contributed by atoms with Crippen LogP contribution in [-0.2, 0) is 9.53 Å². The summed E-state index contributed by atoms with van der Waals surface area (Å²) in [6.45, 7) is 0.432. The molecular weight excluding hydrogens is 375 g/mol. The summed E-state index contributed by atoms with van der Waals surface area (Å²) < 4.78 is 18.3. The van der Waals surface area contributed by atoms with Gasteiger partial charge >= 0.3 is 0 Å². The lowest BCUT2D eigenvalue weighted by Crippen LogP contribution is -2.17. The quantitative estimate of drug-likeness (QED) is 0.163. The van der Waals surface area contributed by atoms with Crippen LogP contribution in [0.1, 0.15) is 135 Å². The van der Waals surface area contributed by atoms with E-state index in [2.05, 4.69) is 6.42 Å². The van der Waals surface area contributed by atoms with E-state index in [0.717, 1.165) is 19.4 Å². The lowest BCUT2D eigenvalue weighted by atomic mass is 9.98. The Balaban J connectivity index is 1.66. The molecule has 0 saturated heterocycles. The summed E-state index contributed by atoms with van der Waals surface area (Å²) in [7, 11) is 0. The predicted octanol–water partition coefficient (Wildman–Crippen LogP) is 8.48. The van der Waals surface area contributed by atoms with Crippen molar-refractivity contribution < 1.29 is 13.9 Å². The Hall–Kier alpha value is -0.440. The van der Waals surface area contributed by atoms with Crippen LogP contribution < -0.4 is 0 Å². The van der Waals surface area contributed by atoms with E-state index in [0.29, 0.717) is 12.5 Å². The largest absolute Gasteiger partial charge is 0.378 e. The fourth-order valence-electron chi connectivity index (χ4n) is 4.45. The van der Waals surface area contributed by atoms with Crippen molar-refractivity contribution >= 4 is 6.29 Å². The van der Waals surface area contributed by atoms with Gasteiger partial charge in [0.25, 0.3) is 0 Å². The zero-order valence-electron chi connectivity index (χ0n) is 19.7. The van der Waals surface area contributed by atoms with E-state index < -0.39 is 12.6 Å². The molecule has 0 aromatic heterocycles. The number of carbonyl (C=O) groups excluding carboxylic acids is 1. The third kappa shape index (κ3) is 17.3. The molecule has 1 rings (SSSR count). The van der Waals surface area contributed by atoms with Crippen molar-refractivity contribution in [2.75, 3.05) is 13.3 Å². The van der Waals surface area contributed by atoms with E-state index >= 15 is 0 Å². The van der Waals surface area contributed by atoms with E-state index in [4.69, 9.17) is 4.74 Å². The maximum atomic E-state index is 12.4. The molecule has 0 amide bonds. The standard InChI is InChI=1S/C27H49FO2/c28-24-26(25-29)20-16-13-11-9-7-5-3-1-2-4-6-8-10-12-14-19-23-30-27-21-17-15-18-22-27/h15,26-27H,1-14,16-24H2. The van der Waals surface area contributed by atoms with E-state index in [1.54, 1.807) is 6.29 Å². The van der Waals surface area contributed by atoms with Gasteiger partial charge in [-0.3, -0.25) is 9.18 Å². The van der Waals surface area contributed by atoms with Crippen molar-refractivity contribution in [1.29, 1.82) is 0 Å². The minimum Gasteiger partial charge on any atom is -0.378 e. The Morgan fingerprint density at radius 3 is 1.60 bits per heavy atom. The smallest absolute Gasteiger partial charge is 0.204 e. The molecule has 0 aromatic carbocycles. The molecule has 1 saturated carbocycles. The summed E-state index contributed by atoms with van der Waals surface area (Å²) in [5, 5.41) is 0. The second-order valence-corrected chi connectivity index (χ2v) is 9.35. The summed E-state index contributed by atoms with van der Waals surface area (Å²) in [4.78, 5) is 10.4. The normalized spacial score (nSPS) is 16.0. The first-order chi connectivity index (χ1) is 14.9. The zero-order chi connectivity index (χ0) is 21.5. The Kier molecular flexibility index (Phi) is 20.0. The van der Waals surface area contributed by atoms with Gasteiger partial charge in [-0.1, -0.05) is 96.3 Å². The van der Waals surface area contributed by atoms with E-state index in [-0.39, 0.29) is 0 Å². The molecule has 3 heteroatoms. The Bertz CT molecular complexity index is 355. The van der Waals surface area contributed by atoms with Crippen molar-refractivity contribution in [3.05, 3.63) is 6.42 Å². The van der Waals surface area contributed by atoms with E-state index in [1.165, 1.54) is 116 Å². The maximum absolute atomic E-state index is 12.4. The van der Waals surface area contributed by atoms with Crippen LogP contribution in [0.3, 0.4) is 0 Å². The molecule has 1 fully saturated rings. The van der Waals surface area contributed by atoms with Gasteiger partial charge in [0.15, 0.2) is 0 Å². The van der Waals surface area contributed by atoms with Crippen molar-refractivity contribution in [3.8, 4) is 0 Å². The molecule has 1 atom stereocenters. The van der Waals surface area contributed by atoms with Crippen LogP contribution in [0.15, 0.2) is 0 Å². The molecule has 2 nitrogen and oxygen atoms in total. The molecule has 0 spiro atoms. The predicted molar refractivity (Wildman–Crippen MR) is 126 cm³/mol. The molecule has 30 heavy (non-hydrogen) atoms. The molecule has 1 aliphatic rings. The molecule has 0 heterocycles. The number of rotatable bonds is 22. The summed E-state index contributed by atoms with van der Waals surface area (Å²) in [5.41, 5.74) is 0. The average molecular weight is 425 g/mol. The number of alkyl halides is 1. The van der Waals surface area contributed by atoms with Crippen LogP contribution in [0, 0.1) is 12.3 Å². The third-order valence-electron chi connectivity index (χ3n) is 6.54. The Morgan fingerprint density at radius 1 is 0.733 bits per heavy atom. The molecule has 2 radical (unpaired) electrons. The highest BCUT2D eigenvalue weighted by molar-refractivity contribution is 5.54. The van der Waals surface area contributed by atoms with Crippen LogP contribution >= 0.6 is 0 Å². The minimum absolute atomic E-state index is 0.477. The number of ether oxygens (including phenoxy) is 1. The minimum atomic E-state index is -0.543. The number of hydrogen-bond donors (Lipinski definition) is 0. The summed E-state index contributed by atoms with van der Waals surface area (Å²) in [6.07, 6.45) is 31.4. The first kappa shape index (κ1) is 27.6. The Labute approximate surface area is 187 Å². The van der Waals surface area contributed by atoms with Gasteiger partial charge in [0.2, 0.25) is 6.29 Å². The zero-order valence-corrected chi connectivity index (χ0v) is 19.7. The van der Waals surface area contributed by atoms with Gasteiger partial charge in [0, 0.05) is 6.61 Å². The number of halogens is 1. The highest BCUT2D eigenvalue weighted by Gasteiger charge is 2.13. The maximum Gasteiger partial charge on any atom is 0.204 e.